The number of nitrogens with zero attached hydrogens (tertiary/aromatic N) is 4. The number of hydrogen-bond donors (Lipinski definition) is 1. The van der Waals surface area contributed by atoms with Crippen LogP contribution in [-0.4, -0.2) is 53.6 Å². The lowest BCUT2D eigenvalue weighted by molar-refractivity contribution is -0.133. The van der Waals surface area contributed by atoms with Crippen molar-refractivity contribution in [3.8, 4) is 5.88 Å². The quantitative estimate of drug-likeness (QED) is 0.836. The number of nitrogen functional groups attached to an aromatic ring is 1. The minimum atomic E-state index is -0.257. The van der Waals surface area contributed by atoms with Crippen molar-refractivity contribution in [3.05, 3.63) is 6.07 Å². The van der Waals surface area contributed by atoms with Crippen molar-refractivity contribution >= 4 is 17.7 Å². The van der Waals surface area contributed by atoms with Gasteiger partial charge in [0.2, 0.25) is 17.7 Å². The van der Waals surface area contributed by atoms with Crippen LogP contribution < -0.4 is 15.4 Å². The zero-order valence-corrected chi connectivity index (χ0v) is 11.5. The molecule has 1 aromatic rings. The van der Waals surface area contributed by atoms with Gasteiger partial charge in [-0.1, -0.05) is 0 Å². The number of carbonyl (C=O) groups is 1. The van der Waals surface area contributed by atoms with Crippen LogP contribution in [0.2, 0.25) is 0 Å². The topological polar surface area (TPSA) is 84.6 Å². The summed E-state index contributed by atoms with van der Waals surface area (Å²) < 4.78 is 5.08. The lowest BCUT2D eigenvalue weighted by atomic mass is 10.1. The van der Waals surface area contributed by atoms with Gasteiger partial charge in [0.1, 0.15) is 11.9 Å². The van der Waals surface area contributed by atoms with E-state index in [0.29, 0.717) is 18.2 Å². The Bertz CT molecular complexity index is 479. The second kappa shape index (κ2) is 5.29. The molecule has 1 unspecified atom stereocenters. The fraction of sp³-hybridized carbons (Fsp3) is 0.583. The van der Waals surface area contributed by atoms with Gasteiger partial charge in [0.25, 0.3) is 0 Å². The number of hydrogen-bond acceptors (Lipinski definition) is 6. The molecule has 0 saturated carbocycles. The fourth-order valence-corrected chi connectivity index (χ4v) is 2.24. The van der Waals surface area contributed by atoms with Gasteiger partial charge in [0.05, 0.1) is 7.11 Å². The van der Waals surface area contributed by atoms with Crippen molar-refractivity contribution in [2.45, 2.75) is 19.9 Å². The molecule has 0 bridgehead atoms. The maximum atomic E-state index is 12.2. The van der Waals surface area contributed by atoms with Gasteiger partial charge in [0.15, 0.2) is 0 Å². The minimum Gasteiger partial charge on any atom is -0.481 e. The van der Waals surface area contributed by atoms with E-state index in [9.17, 15) is 4.79 Å². The van der Waals surface area contributed by atoms with E-state index in [-0.39, 0.29) is 17.9 Å². The Balaban J connectivity index is 2.27. The Morgan fingerprint density at radius 3 is 2.84 bits per heavy atom. The Labute approximate surface area is 112 Å². The molecule has 2 rings (SSSR count). The molecule has 7 heteroatoms. The molecule has 7 nitrogen and oxygen atoms in total. The number of anilines is 2. The first-order valence-corrected chi connectivity index (χ1v) is 6.30. The van der Waals surface area contributed by atoms with Crippen molar-refractivity contribution in [2.75, 3.05) is 37.4 Å². The number of likely N-dealkylation sites (N-methyl/N-ethyl adjacent to an activating group) is 1. The maximum absolute atomic E-state index is 12.2. The van der Waals surface area contributed by atoms with E-state index in [1.165, 1.54) is 7.11 Å². The number of carbonyl (C=O) groups excluding carboxylic acids is 1. The standard InChI is InChI=1S/C12H19N5O2/c1-4-16-5-6-17(8(2)11(16)18)9-7-10(19-3)15-12(13)14-9/h7-8H,4-6H2,1-3H3,(H2,13,14,15). The molecule has 1 fully saturated rings. The number of ether oxygens (including phenoxy) is 1. The Morgan fingerprint density at radius 1 is 1.47 bits per heavy atom. The number of methoxy groups -OCH3 is 1. The van der Waals surface area contributed by atoms with Gasteiger partial charge in [-0.2, -0.15) is 9.97 Å². The molecule has 2 N–H and O–H groups in total. The van der Waals surface area contributed by atoms with Crippen molar-refractivity contribution in [3.63, 3.8) is 0 Å². The van der Waals surface area contributed by atoms with Crippen LogP contribution in [-0.2, 0) is 4.79 Å². The monoisotopic (exact) mass is 265 g/mol. The van der Waals surface area contributed by atoms with Gasteiger partial charge >= 0.3 is 0 Å². The highest BCUT2D eigenvalue weighted by Gasteiger charge is 2.31. The lowest BCUT2D eigenvalue weighted by Crippen LogP contribution is -2.56. The lowest BCUT2D eigenvalue weighted by Gasteiger charge is -2.39. The number of amides is 1. The average Bonchev–Trinajstić information content (AvgIpc) is 2.41. The van der Waals surface area contributed by atoms with E-state index >= 15 is 0 Å². The molecule has 2 heterocycles. The summed E-state index contributed by atoms with van der Waals surface area (Å²) >= 11 is 0. The van der Waals surface area contributed by atoms with Crippen LogP contribution in [0.25, 0.3) is 0 Å². The summed E-state index contributed by atoms with van der Waals surface area (Å²) in [5.41, 5.74) is 5.65. The largest absolute Gasteiger partial charge is 0.481 e. The smallest absolute Gasteiger partial charge is 0.245 e. The van der Waals surface area contributed by atoms with Gasteiger partial charge in [-0.25, -0.2) is 0 Å². The molecule has 0 aliphatic carbocycles. The second-order valence-corrected chi connectivity index (χ2v) is 4.41. The van der Waals surface area contributed by atoms with E-state index in [2.05, 4.69) is 9.97 Å². The summed E-state index contributed by atoms with van der Waals surface area (Å²) in [6, 6.07) is 1.44. The summed E-state index contributed by atoms with van der Waals surface area (Å²) in [7, 11) is 1.52. The van der Waals surface area contributed by atoms with Gasteiger partial charge in [-0.05, 0) is 13.8 Å². The van der Waals surface area contributed by atoms with Gasteiger partial charge in [-0.3, -0.25) is 4.79 Å². The molecule has 1 atom stereocenters. The van der Waals surface area contributed by atoms with E-state index in [1.807, 2.05) is 23.6 Å². The highest BCUT2D eigenvalue weighted by atomic mass is 16.5. The van der Waals surface area contributed by atoms with Crippen LogP contribution in [0.5, 0.6) is 5.88 Å². The summed E-state index contributed by atoms with van der Waals surface area (Å²) in [4.78, 5) is 24.0. The molecule has 0 aromatic carbocycles. The molecule has 1 aliphatic heterocycles. The van der Waals surface area contributed by atoms with E-state index in [4.69, 9.17) is 10.5 Å². The van der Waals surface area contributed by atoms with Crippen LogP contribution in [0.15, 0.2) is 6.07 Å². The molecular weight excluding hydrogens is 246 g/mol. The molecular formula is C12H19N5O2. The van der Waals surface area contributed by atoms with E-state index in [0.717, 1.165) is 13.1 Å². The third-order valence-corrected chi connectivity index (χ3v) is 3.34. The summed E-state index contributed by atoms with van der Waals surface area (Å²) in [5.74, 6) is 1.28. The zero-order chi connectivity index (χ0) is 14.0. The first-order valence-electron chi connectivity index (χ1n) is 6.30. The minimum absolute atomic E-state index is 0.102. The molecule has 1 aromatic heterocycles. The third-order valence-electron chi connectivity index (χ3n) is 3.34. The van der Waals surface area contributed by atoms with E-state index < -0.39 is 0 Å². The molecule has 19 heavy (non-hydrogen) atoms. The molecule has 1 aliphatic rings. The van der Waals surface area contributed by atoms with E-state index in [1.54, 1.807) is 6.07 Å². The number of piperazine rings is 1. The normalized spacial score (nSPS) is 19.7. The molecule has 1 saturated heterocycles. The Morgan fingerprint density at radius 2 is 2.21 bits per heavy atom. The number of aromatic nitrogens is 2. The zero-order valence-electron chi connectivity index (χ0n) is 11.5. The predicted molar refractivity (Wildman–Crippen MR) is 72.1 cm³/mol. The van der Waals surface area contributed by atoms with Crippen LogP contribution >= 0.6 is 0 Å². The summed E-state index contributed by atoms with van der Waals surface area (Å²) in [6.45, 7) is 5.99. The van der Waals surface area contributed by atoms with Crippen molar-refractivity contribution in [2.24, 2.45) is 0 Å². The second-order valence-electron chi connectivity index (χ2n) is 4.41. The molecule has 104 valence electrons. The SMILES string of the molecule is CCN1CCN(c2cc(OC)nc(N)n2)C(C)C1=O. The molecule has 1 amide bonds. The summed E-state index contributed by atoms with van der Waals surface area (Å²) in [6.07, 6.45) is 0. The number of nitrogens with two attached hydrogens (primary N) is 1. The molecule has 0 spiro atoms. The van der Waals surface area contributed by atoms with Gasteiger partial charge < -0.3 is 20.3 Å². The van der Waals surface area contributed by atoms with Crippen LogP contribution in [0, 0.1) is 0 Å². The van der Waals surface area contributed by atoms with Gasteiger partial charge in [0, 0.05) is 25.7 Å². The third kappa shape index (κ3) is 2.54. The predicted octanol–water partition coefficient (Wildman–Crippen LogP) is 0.124. The average molecular weight is 265 g/mol. The number of rotatable bonds is 3. The highest BCUT2D eigenvalue weighted by molar-refractivity contribution is 5.86. The maximum Gasteiger partial charge on any atom is 0.245 e. The van der Waals surface area contributed by atoms with Crippen LogP contribution in [0.1, 0.15) is 13.8 Å². The van der Waals surface area contributed by atoms with Crippen molar-refractivity contribution < 1.29 is 9.53 Å². The first kappa shape index (κ1) is 13.4. The highest BCUT2D eigenvalue weighted by Crippen LogP contribution is 2.23. The Hall–Kier alpha value is -2.05. The van der Waals surface area contributed by atoms with Crippen molar-refractivity contribution in [1.29, 1.82) is 0 Å². The fourth-order valence-electron chi connectivity index (χ4n) is 2.24. The van der Waals surface area contributed by atoms with Crippen molar-refractivity contribution in [1.82, 2.24) is 14.9 Å². The molecule has 0 radical (unpaired) electrons. The van der Waals surface area contributed by atoms with Gasteiger partial charge in [-0.15, -0.1) is 0 Å². The van der Waals surface area contributed by atoms with Crippen LogP contribution in [0.3, 0.4) is 0 Å². The summed E-state index contributed by atoms with van der Waals surface area (Å²) in [5, 5.41) is 0. The Kier molecular flexibility index (Phi) is 3.73. The van der Waals surface area contributed by atoms with Crippen LogP contribution in [0.4, 0.5) is 11.8 Å². The first-order chi connectivity index (χ1) is 9.06.